The number of hydrogen-bond donors (Lipinski definition) is 0. The van der Waals surface area contributed by atoms with Crippen molar-refractivity contribution in [3.8, 4) is 0 Å². The lowest BCUT2D eigenvalue weighted by Crippen LogP contribution is -2.23. The van der Waals surface area contributed by atoms with Crippen LogP contribution in [0.15, 0.2) is 0 Å². The second-order valence-electron chi connectivity index (χ2n) is 4.11. The van der Waals surface area contributed by atoms with Crippen LogP contribution in [0, 0.1) is 18.8 Å². The van der Waals surface area contributed by atoms with E-state index in [1.54, 1.807) is 0 Å². The quantitative estimate of drug-likeness (QED) is 0.648. The maximum Gasteiger partial charge on any atom is 0.308 e. The van der Waals surface area contributed by atoms with Gasteiger partial charge in [-0.3, -0.25) is 4.79 Å². The number of carbonyl (C=O) groups excluding carboxylic acids is 1. The van der Waals surface area contributed by atoms with Gasteiger partial charge in [-0.2, -0.15) is 0 Å². The van der Waals surface area contributed by atoms with Crippen LogP contribution in [0.3, 0.4) is 0 Å². The highest BCUT2D eigenvalue weighted by atomic mass is 16.5. The Hall–Kier alpha value is -0.530. The lowest BCUT2D eigenvalue weighted by Gasteiger charge is -2.26. The van der Waals surface area contributed by atoms with E-state index in [1.165, 1.54) is 19.3 Å². The van der Waals surface area contributed by atoms with Gasteiger partial charge in [0.05, 0.1) is 12.5 Å². The normalized spacial score (nSPS) is 27.3. The van der Waals surface area contributed by atoms with Crippen molar-refractivity contribution in [2.75, 3.05) is 6.61 Å². The van der Waals surface area contributed by atoms with Gasteiger partial charge in [0.25, 0.3) is 0 Å². The standard InChI is InChI=1S/C12H21O2/c1-3-5-10-6-8-11(9-7-10)12(13)14-4-2/h10-11H,1,3-9H2,2H3. The summed E-state index contributed by atoms with van der Waals surface area (Å²) in [5.41, 5.74) is 0. The van der Waals surface area contributed by atoms with Crippen molar-refractivity contribution in [3.05, 3.63) is 6.92 Å². The third kappa shape index (κ3) is 3.32. The molecule has 0 heterocycles. The van der Waals surface area contributed by atoms with Gasteiger partial charge in [-0.05, 0) is 38.5 Å². The Labute approximate surface area is 87.0 Å². The molecule has 0 spiro atoms. The van der Waals surface area contributed by atoms with Crippen LogP contribution in [0.1, 0.15) is 45.4 Å². The first-order valence-corrected chi connectivity index (χ1v) is 5.73. The van der Waals surface area contributed by atoms with E-state index in [4.69, 9.17) is 4.74 Å². The summed E-state index contributed by atoms with van der Waals surface area (Å²) in [5, 5.41) is 0. The van der Waals surface area contributed by atoms with Crippen molar-refractivity contribution in [1.29, 1.82) is 0 Å². The molecule has 1 radical (unpaired) electrons. The predicted molar refractivity (Wildman–Crippen MR) is 56.7 cm³/mol. The van der Waals surface area contributed by atoms with E-state index in [1.807, 2.05) is 6.92 Å². The molecule has 1 saturated carbocycles. The second-order valence-corrected chi connectivity index (χ2v) is 4.11. The van der Waals surface area contributed by atoms with Gasteiger partial charge < -0.3 is 4.74 Å². The minimum Gasteiger partial charge on any atom is -0.466 e. The molecule has 1 aliphatic rings. The lowest BCUT2D eigenvalue weighted by atomic mass is 9.80. The summed E-state index contributed by atoms with van der Waals surface area (Å²) in [6.45, 7) is 6.25. The SMILES string of the molecule is [CH2]CCC1CCC(C(=O)OCC)CC1. The molecule has 0 amide bonds. The maximum absolute atomic E-state index is 11.4. The highest BCUT2D eigenvalue weighted by Gasteiger charge is 2.26. The molecule has 0 unspecified atom stereocenters. The number of rotatable bonds is 4. The van der Waals surface area contributed by atoms with Crippen LogP contribution in [-0.4, -0.2) is 12.6 Å². The van der Waals surface area contributed by atoms with Crippen molar-refractivity contribution in [1.82, 2.24) is 0 Å². The molecule has 0 aliphatic heterocycles. The Kier molecular flexibility index (Phi) is 4.99. The van der Waals surface area contributed by atoms with Crippen LogP contribution in [0.2, 0.25) is 0 Å². The zero-order valence-electron chi connectivity index (χ0n) is 9.13. The molecule has 0 saturated heterocycles. The van der Waals surface area contributed by atoms with Gasteiger partial charge in [0.1, 0.15) is 0 Å². The predicted octanol–water partition coefficient (Wildman–Crippen LogP) is 2.97. The Morgan fingerprint density at radius 3 is 2.50 bits per heavy atom. The maximum atomic E-state index is 11.4. The van der Waals surface area contributed by atoms with Gasteiger partial charge in [-0.25, -0.2) is 0 Å². The Morgan fingerprint density at radius 1 is 1.36 bits per heavy atom. The first-order chi connectivity index (χ1) is 6.77. The average Bonchev–Trinajstić information content (AvgIpc) is 2.20. The van der Waals surface area contributed by atoms with E-state index in [0.717, 1.165) is 25.2 Å². The van der Waals surface area contributed by atoms with E-state index in [2.05, 4.69) is 6.92 Å². The summed E-state index contributed by atoms with van der Waals surface area (Å²) < 4.78 is 5.03. The monoisotopic (exact) mass is 197 g/mol. The van der Waals surface area contributed by atoms with Crippen molar-refractivity contribution < 1.29 is 9.53 Å². The van der Waals surface area contributed by atoms with Gasteiger partial charge in [0.2, 0.25) is 0 Å². The molecule has 2 heteroatoms. The third-order valence-corrected chi connectivity index (χ3v) is 3.08. The van der Waals surface area contributed by atoms with E-state index in [9.17, 15) is 4.79 Å². The van der Waals surface area contributed by atoms with Crippen LogP contribution in [0.25, 0.3) is 0 Å². The largest absolute Gasteiger partial charge is 0.466 e. The van der Waals surface area contributed by atoms with E-state index in [0.29, 0.717) is 6.61 Å². The highest BCUT2D eigenvalue weighted by molar-refractivity contribution is 5.72. The van der Waals surface area contributed by atoms with Crippen LogP contribution in [0.4, 0.5) is 0 Å². The van der Waals surface area contributed by atoms with E-state index < -0.39 is 0 Å². The fourth-order valence-electron chi connectivity index (χ4n) is 2.24. The van der Waals surface area contributed by atoms with Crippen molar-refractivity contribution in [3.63, 3.8) is 0 Å². The first kappa shape index (κ1) is 11.5. The number of hydrogen-bond acceptors (Lipinski definition) is 2. The van der Waals surface area contributed by atoms with Gasteiger partial charge in [-0.1, -0.05) is 19.8 Å². The number of esters is 1. The third-order valence-electron chi connectivity index (χ3n) is 3.08. The fraction of sp³-hybridized carbons (Fsp3) is 0.833. The van der Waals surface area contributed by atoms with Crippen LogP contribution >= 0.6 is 0 Å². The molecular formula is C12H21O2. The number of carbonyl (C=O) groups is 1. The Morgan fingerprint density at radius 2 is 2.00 bits per heavy atom. The smallest absolute Gasteiger partial charge is 0.308 e. The zero-order valence-corrected chi connectivity index (χ0v) is 9.13. The van der Waals surface area contributed by atoms with E-state index in [-0.39, 0.29) is 11.9 Å². The molecule has 1 fully saturated rings. The van der Waals surface area contributed by atoms with Gasteiger partial charge in [-0.15, -0.1) is 0 Å². The number of ether oxygens (including phenoxy) is 1. The lowest BCUT2D eigenvalue weighted by molar-refractivity contribution is -0.149. The van der Waals surface area contributed by atoms with Crippen molar-refractivity contribution in [2.45, 2.75) is 45.4 Å². The van der Waals surface area contributed by atoms with Crippen LogP contribution in [0.5, 0.6) is 0 Å². The Bertz CT molecular complexity index is 169. The molecule has 1 aliphatic carbocycles. The first-order valence-electron chi connectivity index (χ1n) is 5.73. The summed E-state index contributed by atoms with van der Waals surface area (Å²) in [7, 11) is 0. The average molecular weight is 197 g/mol. The molecule has 0 bridgehead atoms. The molecule has 0 aromatic carbocycles. The summed E-state index contributed by atoms with van der Waals surface area (Å²) in [4.78, 5) is 11.4. The van der Waals surface area contributed by atoms with Crippen molar-refractivity contribution >= 4 is 5.97 Å². The summed E-state index contributed by atoms with van der Waals surface area (Å²) in [6, 6.07) is 0. The van der Waals surface area contributed by atoms with E-state index >= 15 is 0 Å². The molecule has 14 heavy (non-hydrogen) atoms. The summed E-state index contributed by atoms with van der Waals surface area (Å²) in [6.07, 6.45) is 6.63. The molecule has 1 rings (SSSR count). The molecule has 81 valence electrons. The molecule has 0 atom stereocenters. The second kappa shape index (κ2) is 6.05. The molecule has 0 aromatic heterocycles. The van der Waals surface area contributed by atoms with Gasteiger partial charge >= 0.3 is 5.97 Å². The molecule has 0 N–H and O–H groups in total. The Balaban J connectivity index is 2.24. The van der Waals surface area contributed by atoms with Gasteiger partial charge in [0, 0.05) is 0 Å². The zero-order chi connectivity index (χ0) is 10.4. The molecular weight excluding hydrogens is 176 g/mol. The highest BCUT2D eigenvalue weighted by Crippen LogP contribution is 2.31. The molecule has 2 nitrogen and oxygen atoms in total. The topological polar surface area (TPSA) is 26.3 Å². The fourth-order valence-corrected chi connectivity index (χ4v) is 2.24. The minimum absolute atomic E-state index is 0.0144. The van der Waals surface area contributed by atoms with Crippen molar-refractivity contribution in [2.24, 2.45) is 11.8 Å². The summed E-state index contributed by atoms with van der Waals surface area (Å²) in [5.74, 6) is 0.995. The van der Waals surface area contributed by atoms with Crippen LogP contribution < -0.4 is 0 Å². The summed E-state index contributed by atoms with van der Waals surface area (Å²) >= 11 is 0. The minimum atomic E-state index is 0.0144. The molecule has 0 aromatic rings. The van der Waals surface area contributed by atoms with Gasteiger partial charge in [0.15, 0.2) is 0 Å². The van der Waals surface area contributed by atoms with Crippen LogP contribution in [-0.2, 0) is 9.53 Å².